The lowest BCUT2D eigenvalue weighted by Crippen LogP contribution is -2.19. The highest BCUT2D eigenvalue weighted by Crippen LogP contribution is 2.16. The number of allylic oxidation sites excluding steroid dienone is 1. The van der Waals surface area contributed by atoms with Crippen molar-refractivity contribution in [3.63, 3.8) is 0 Å². The molecule has 1 aliphatic rings. The van der Waals surface area contributed by atoms with E-state index in [4.69, 9.17) is 5.73 Å². The van der Waals surface area contributed by atoms with E-state index in [9.17, 15) is 0 Å². The molecule has 56 valence electrons. The maximum atomic E-state index is 5.71. The first-order valence-electron chi connectivity index (χ1n) is 3.61. The van der Waals surface area contributed by atoms with E-state index in [1.54, 1.807) is 0 Å². The van der Waals surface area contributed by atoms with Gasteiger partial charge in [-0.15, -0.1) is 0 Å². The standard InChI is InChI=1S/C8H14N2/c1-6(2)7-3-4-10-5-8(7)9/h3,5-6,10H,4,9H2,1-2H3. The number of rotatable bonds is 1. The van der Waals surface area contributed by atoms with Gasteiger partial charge < -0.3 is 11.1 Å². The summed E-state index contributed by atoms with van der Waals surface area (Å²) in [6.07, 6.45) is 4.01. The van der Waals surface area contributed by atoms with Crippen LogP contribution in [0.2, 0.25) is 0 Å². The number of hydrogen-bond donors (Lipinski definition) is 2. The van der Waals surface area contributed by atoms with E-state index in [1.165, 1.54) is 5.57 Å². The fraction of sp³-hybridized carbons (Fsp3) is 0.500. The molecule has 2 nitrogen and oxygen atoms in total. The molecule has 0 fully saturated rings. The lowest BCUT2D eigenvalue weighted by molar-refractivity contribution is 0.748. The third-order valence-corrected chi connectivity index (χ3v) is 1.65. The molecule has 0 bridgehead atoms. The molecular weight excluding hydrogens is 124 g/mol. The van der Waals surface area contributed by atoms with Gasteiger partial charge in [0, 0.05) is 12.7 Å². The van der Waals surface area contributed by atoms with Crippen LogP contribution in [0.3, 0.4) is 0 Å². The molecule has 0 aromatic heterocycles. The Bertz CT molecular complexity index is 178. The van der Waals surface area contributed by atoms with Gasteiger partial charge >= 0.3 is 0 Å². The van der Waals surface area contributed by atoms with Crippen molar-refractivity contribution in [2.75, 3.05) is 6.54 Å². The van der Waals surface area contributed by atoms with E-state index < -0.39 is 0 Å². The van der Waals surface area contributed by atoms with Crippen LogP contribution in [-0.4, -0.2) is 6.54 Å². The molecule has 2 heteroatoms. The van der Waals surface area contributed by atoms with Crippen LogP contribution >= 0.6 is 0 Å². The Kier molecular flexibility index (Phi) is 2.00. The average Bonchev–Trinajstić information content (AvgIpc) is 1.88. The number of nitrogens with one attached hydrogen (secondary N) is 1. The molecule has 0 amide bonds. The molecule has 0 saturated carbocycles. The summed E-state index contributed by atoms with van der Waals surface area (Å²) in [4.78, 5) is 0. The Morgan fingerprint density at radius 3 is 2.70 bits per heavy atom. The first-order chi connectivity index (χ1) is 4.72. The van der Waals surface area contributed by atoms with Crippen LogP contribution in [0.1, 0.15) is 13.8 Å². The molecule has 3 N–H and O–H groups in total. The van der Waals surface area contributed by atoms with Gasteiger partial charge in [0.2, 0.25) is 0 Å². The van der Waals surface area contributed by atoms with Crippen LogP contribution in [0.15, 0.2) is 23.5 Å². The number of hydrogen-bond acceptors (Lipinski definition) is 2. The molecule has 0 aromatic carbocycles. The summed E-state index contributed by atoms with van der Waals surface area (Å²) in [5.41, 5.74) is 7.85. The summed E-state index contributed by atoms with van der Waals surface area (Å²) in [7, 11) is 0. The van der Waals surface area contributed by atoms with E-state index in [0.717, 1.165) is 12.2 Å². The summed E-state index contributed by atoms with van der Waals surface area (Å²) < 4.78 is 0. The Morgan fingerprint density at radius 1 is 1.60 bits per heavy atom. The lowest BCUT2D eigenvalue weighted by atomic mass is 9.99. The van der Waals surface area contributed by atoms with Crippen molar-refractivity contribution in [2.45, 2.75) is 13.8 Å². The lowest BCUT2D eigenvalue weighted by Gasteiger charge is -2.16. The fourth-order valence-electron chi connectivity index (χ4n) is 1.11. The quantitative estimate of drug-likeness (QED) is 0.566. The smallest absolute Gasteiger partial charge is 0.0506 e. The van der Waals surface area contributed by atoms with Crippen molar-refractivity contribution in [1.29, 1.82) is 0 Å². The Labute approximate surface area is 61.8 Å². The summed E-state index contributed by atoms with van der Waals surface area (Å²) in [5.74, 6) is 0.540. The largest absolute Gasteiger partial charge is 0.397 e. The van der Waals surface area contributed by atoms with Gasteiger partial charge in [-0.1, -0.05) is 19.9 Å². The minimum atomic E-state index is 0.540. The fourth-order valence-corrected chi connectivity index (χ4v) is 1.11. The van der Waals surface area contributed by atoms with Gasteiger partial charge in [-0.3, -0.25) is 0 Å². The van der Waals surface area contributed by atoms with Crippen molar-refractivity contribution >= 4 is 0 Å². The molecule has 0 unspecified atom stereocenters. The van der Waals surface area contributed by atoms with Crippen LogP contribution in [0.4, 0.5) is 0 Å². The zero-order chi connectivity index (χ0) is 7.56. The molecule has 1 rings (SSSR count). The highest BCUT2D eigenvalue weighted by atomic mass is 14.9. The Hall–Kier alpha value is -0.920. The highest BCUT2D eigenvalue weighted by molar-refractivity contribution is 5.32. The predicted octanol–water partition coefficient (Wildman–Crippen LogP) is 0.972. The predicted molar refractivity (Wildman–Crippen MR) is 43.2 cm³/mol. The third-order valence-electron chi connectivity index (χ3n) is 1.65. The maximum Gasteiger partial charge on any atom is 0.0506 e. The van der Waals surface area contributed by atoms with E-state index in [1.807, 2.05) is 6.20 Å². The second-order valence-electron chi connectivity index (χ2n) is 2.82. The number of nitrogens with two attached hydrogens (primary N) is 1. The molecule has 0 atom stereocenters. The molecule has 0 aliphatic carbocycles. The van der Waals surface area contributed by atoms with Crippen molar-refractivity contribution in [3.8, 4) is 0 Å². The first-order valence-corrected chi connectivity index (χ1v) is 3.61. The van der Waals surface area contributed by atoms with Crippen LogP contribution in [0.25, 0.3) is 0 Å². The highest BCUT2D eigenvalue weighted by Gasteiger charge is 2.07. The van der Waals surface area contributed by atoms with E-state index in [0.29, 0.717) is 5.92 Å². The van der Waals surface area contributed by atoms with Crippen LogP contribution < -0.4 is 11.1 Å². The maximum absolute atomic E-state index is 5.71. The first kappa shape index (κ1) is 7.19. The molecule has 0 aromatic rings. The molecular formula is C8H14N2. The van der Waals surface area contributed by atoms with Crippen LogP contribution in [0, 0.1) is 5.92 Å². The van der Waals surface area contributed by atoms with Gasteiger partial charge in [-0.25, -0.2) is 0 Å². The summed E-state index contributed by atoms with van der Waals surface area (Å²) in [5, 5.41) is 3.06. The second-order valence-corrected chi connectivity index (χ2v) is 2.82. The topological polar surface area (TPSA) is 38.0 Å². The SMILES string of the molecule is CC(C)C1=CCNC=C1N. The van der Waals surface area contributed by atoms with Gasteiger partial charge in [0.15, 0.2) is 0 Å². The minimum Gasteiger partial charge on any atom is -0.397 e. The normalized spacial score (nSPS) is 17.9. The summed E-state index contributed by atoms with van der Waals surface area (Å²) in [6, 6.07) is 0. The summed E-state index contributed by atoms with van der Waals surface area (Å²) in [6.45, 7) is 5.21. The van der Waals surface area contributed by atoms with Crippen molar-refractivity contribution in [3.05, 3.63) is 23.5 Å². The molecule has 0 saturated heterocycles. The number of dihydropyridines is 1. The van der Waals surface area contributed by atoms with Crippen molar-refractivity contribution in [2.24, 2.45) is 11.7 Å². The molecule has 1 aliphatic heterocycles. The van der Waals surface area contributed by atoms with Crippen LogP contribution in [-0.2, 0) is 0 Å². The van der Waals surface area contributed by atoms with Gasteiger partial charge in [-0.2, -0.15) is 0 Å². The Morgan fingerprint density at radius 2 is 2.30 bits per heavy atom. The third kappa shape index (κ3) is 1.32. The van der Waals surface area contributed by atoms with Gasteiger partial charge in [0.05, 0.1) is 5.70 Å². The zero-order valence-electron chi connectivity index (χ0n) is 6.52. The van der Waals surface area contributed by atoms with Gasteiger partial charge in [0.1, 0.15) is 0 Å². The minimum absolute atomic E-state index is 0.540. The average molecular weight is 138 g/mol. The van der Waals surface area contributed by atoms with Crippen molar-refractivity contribution in [1.82, 2.24) is 5.32 Å². The molecule has 10 heavy (non-hydrogen) atoms. The van der Waals surface area contributed by atoms with E-state index in [2.05, 4.69) is 25.2 Å². The molecule has 0 radical (unpaired) electrons. The Balaban J connectivity index is 2.74. The van der Waals surface area contributed by atoms with E-state index >= 15 is 0 Å². The monoisotopic (exact) mass is 138 g/mol. The van der Waals surface area contributed by atoms with Crippen molar-refractivity contribution < 1.29 is 0 Å². The van der Waals surface area contributed by atoms with Crippen LogP contribution in [0.5, 0.6) is 0 Å². The summed E-state index contributed by atoms with van der Waals surface area (Å²) >= 11 is 0. The molecule has 0 spiro atoms. The second kappa shape index (κ2) is 2.78. The van der Waals surface area contributed by atoms with Gasteiger partial charge in [0.25, 0.3) is 0 Å². The molecule has 1 heterocycles. The van der Waals surface area contributed by atoms with E-state index in [-0.39, 0.29) is 0 Å². The zero-order valence-corrected chi connectivity index (χ0v) is 6.52. The van der Waals surface area contributed by atoms with Gasteiger partial charge in [-0.05, 0) is 11.5 Å².